The molecular formula is C24H27NO3. The van der Waals surface area contributed by atoms with Crippen LogP contribution in [0.3, 0.4) is 0 Å². The third-order valence-electron chi connectivity index (χ3n) is 4.86. The molecule has 0 radical (unpaired) electrons. The van der Waals surface area contributed by atoms with Crippen LogP contribution in [0.25, 0.3) is 0 Å². The first-order valence-electron chi connectivity index (χ1n) is 9.24. The van der Waals surface area contributed by atoms with Gasteiger partial charge < -0.3 is 19.5 Å². The number of aliphatic hydroxyl groups is 1. The van der Waals surface area contributed by atoms with Crippen molar-refractivity contribution < 1.29 is 14.6 Å². The highest BCUT2D eigenvalue weighted by Gasteiger charge is 2.39. The van der Waals surface area contributed by atoms with Gasteiger partial charge in [-0.3, -0.25) is 0 Å². The first-order valence-corrected chi connectivity index (χ1v) is 9.24. The van der Waals surface area contributed by atoms with Gasteiger partial charge in [0.05, 0.1) is 14.2 Å². The van der Waals surface area contributed by atoms with Gasteiger partial charge in [0.1, 0.15) is 5.60 Å². The van der Waals surface area contributed by atoms with Crippen LogP contribution in [0.5, 0.6) is 11.5 Å². The van der Waals surface area contributed by atoms with Crippen molar-refractivity contribution in [2.24, 2.45) is 0 Å². The molecule has 4 nitrogen and oxygen atoms in total. The van der Waals surface area contributed by atoms with Gasteiger partial charge in [-0.05, 0) is 36.9 Å². The van der Waals surface area contributed by atoms with E-state index in [4.69, 9.17) is 9.47 Å². The molecule has 0 unspecified atom stereocenters. The average Bonchev–Trinajstić information content (AvgIpc) is 2.73. The molecule has 3 aromatic rings. The largest absolute Gasteiger partial charge is 0.493 e. The van der Waals surface area contributed by atoms with E-state index in [1.807, 2.05) is 86.9 Å². The van der Waals surface area contributed by atoms with Gasteiger partial charge in [0.15, 0.2) is 11.5 Å². The second kappa shape index (κ2) is 8.46. The van der Waals surface area contributed by atoms with E-state index in [2.05, 4.69) is 4.90 Å². The summed E-state index contributed by atoms with van der Waals surface area (Å²) in [4.78, 5) is 2.07. The van der Waals surface area contributed by atoms with Crippen molar-refractivity contribution in [3.05, 3.63) is 95.1 Å². The van der Waals surface area contributed by atoms with Crippen LogP contribution >= 0.6 is 0 Å². The topological polar surface area (TPSA) is 41.9 Å². The predicted molar refractivity (Wildman–Crippen MR) is 112 cm³/mol. The zero-order chi connectivity index (χ0) is 20.1. The van der Waals surface area contributed by atoms with Crippen LogP contribution in [0.4, 0.5) is 0 Å². The highest BCUT2D eigenvalue weighted by atomic mass is 16.5. The molecule has 146 valence electrons. The van der Waals surface area contributed by atoms with E-state index in [-0.39, 0.29) is 0 Å². The molecule has 3 rings (SSSR count). The Hall–Kier alpha value is -2.82. The van der Waals surface area contributed by atoms with Crippen molar-refractivity contribution >= 4 is 0 Å². The molecule has 0 spiro atoms. The van der Waals surface area contributed by atoms with Crippen LogP contribution in [0.1, 0.15) is 22.3 Å². The second-order valence-electron chi connectivity index (χ2n) is 7.02. The van der Waals surface area contributed by atoms with Gasteiger partial charge in [0.2, 0.25) is 0 Å². The van der Waals surface area contributed by atoms with E-state index in [1.54, 1.807) is 14.2 Å². The molecule has 0 bridgehead atoms. The molecule has 0 aliphatic carbocycles. The standard InChI is InChI=1S/C24H27NO3/c1-25(2)17-18-15-16-21(27-3)23(28-4)22(18)24(26,19-11-7-5-8-12-19)20-13-9-6-10-14-20/h5-16,26H,17H2,1-4H3. The Balaban J connectivity index is 2.40. The van der Waals surface area contributed by atoms with Gasteiger partial charge in [0, 0.05) is 12.1 Å². The summed E-state index contributed by atoms with van der Waals surface area (Å²) >= 11 is 0. The van der Waals surface area contributed by atoms with Crippen LogP contribution < -0.4 is 9.47 Å². The van der Waals surface area contributed by atoms with Crippen LogP contribution in [0.15, 0.2) is 72.8 Å². The van der Waals surface area contributed by atoms with Gasteiger partial charge in [-0.25, -0.2) is 0 Å². The van der Waals surface area contributed by atoms with Gasteiger partial charge in [-0.15, -0.1) is 0 Å². The molecule has 0 amide bonds. The maximum atomic E-state index is 12.3. The lowest BCUT2D eigenvalue weighted by atomic mass is 9.77. The molecule has 0 fully saturated rings. The van der Waals surface area contributed by atoms with E-state index in [0.717, 1.165) is 16.7 Å². The number of methoxy groups -OCH3 is 2. The van der Waals surface area contributed by atoms with Crippen LogP contribution in [-0.2, 0) is 12.1 Å². The summed E-state index contributed by atoms with van der Waals surface area (Å²) in [5.41, 5.74) is 1.81. The lowest BCUT2D eigenvalue weighted by molar-refractivity contribution is 0.119. The lowest BCUT2D eigenvalue weighted by Crippen LogP contribution is -2.32. The van der Waals surface area contributed by atoms with Gasteiger partial charge >= 0.3 is 0 Å². The molecule has 0 aliphatic heterocycles. The fourth-order valence-electron chi connectivity index (χ4n) is 3.65. The minimum Gasteiger partial charge on any atom is -0.493 e. The first kappa shape index (κ1) is 19.9. The summed E-state index contributed by atoms with van der Waals surface area (Å²) in [6, 6.07) is 23.2. The highest BCUT2D eigenvalue weighted by Crippen LogP contribution is 2.46. The van der Waals surface area contributed by atoms with Crippen molar-refractivity contribution in [2.45, 2.75) is 12.1 Å². The van der Waals surface area contributed by atoms with Gasteiger partial charge in [-0.1, -0.05) is 66.7 Å². The minimum absolute atomic E-state index is 0.539. The molecule has 3 aromatic carbocycles. The Morgan fingerprint density at radius 1 is 0.786 bits per heavy atom. The summed E-state index contributed by atoms with van der Waals surface area (Å²) in [5.74, 6) is 1.13. The second-order valence-corrected chi connectivity index (χ2v) is 7.02. The monoisotopic (exact) mass is 377 g/mol. The van der Waals surface area contributed by atoms with Crippen molar-refractivity contribution in [1.29, 1.82) is 0 Å². The first-order chi connectivity index (χ1) is 13.5. The molecule has 28 heavy (non-hydrogen) atoms. The maximum Gasteiger partial charge on any atom is 0.167 e. The number of benzene rings is 3. The lowest BCUT2D eigenvalue weighted by Gasteiger charge is -2.34. The Bertz CT molecular complexity index is 868. The van der Waals surface area contributed by atoms with Crippen LogP contribution in [0.2, 0.25) is 0 Å². The fraction of sp³-hybridized carbons (Fsp3) is 0.250. The molecule has 0 atom stereocenters. The zero-order valence-corrected chi connectivity index (χ0v) is 16.8. The van der Waals surface area contributed by atoms with E-state index in [0.29, 0.717) is 23.6 Å². The summed E-state index contributed by atoms with van der Waals surface area (Å²) in [6.07, 6.45) is 0. The van der Waals surface area contributed by atoms with Gasteiger partial charge in [-0.2, -0.15) is 0 Å². The Labute approximate surface area is 167 Å². The predicted octanol–water partition coefficient (Wildman–Crippen LogP) is 4.05. The van der Waals surface area contributed by atoms with Crippen molar-refractivity contribution in [1.82, 2.24) is 4.90 Å². The number of ether oxygens (including phenoxy) is 2. The highest BCUT2D eigenvalue weighted by molar-refractivity contribution is 5.60. The summed E-state index contributed by atoms with van der Waals surface area (Å²) in [6.45, 7) is 0.650. The molecule has 0 saturated carbocycles. The molecule has 0 saturated heterocycles. The molecule has 0 aromatic heterocycles. The Kier molecular flexibility index (Phi) is 6.02. The molecule has 4 heteroatoms. The third-order valence-corrected chi connectivity index (χ3v) is 4.86. The number of hydrogen-bond donors (Lipinski definition) is 1. The number of rotatable bonds is 7. The van der Waals surface area contributed by atoms with Crippen molar-refractivity contribution in [3.63, 3.8) is 0 Å². The summed E-state index contributed by atoms with van der Waals surface area (Å²) in [7, 11) is 7.23. The molecule has 1 N–H and O–H groups in total. The van der Waals surface area contributed by atoms with Crippen molar-refractivity contribution in [2.75, 3.05) is 28.3 Å². The molecule has 0 aliphatic rings. The molecule has 0 heterocycles. The van der Waals surface area contributed by atoms with E-state index in [9.17, 15) is 5.11 Å². The third kappa shape index (κ3) is 3.61. The normalized spacial score (nSPS) is 11.5. The summed E-state index contributed by atoms with van der Waals surface area (Å²) in [5, 5.41) is 12.3. The zero-order valence-electron chi connectivity index (χ0n) is 16.8. The van der Waals surface area contributed by atoms with E-state index in [1.165, 1.54) is 0 Å². The quantitative estimate of drug-likeness (QED) is 0.631. The fourth-order valence-corrected chi connectivity index (χ4v) is 3.65. The Morgan fingerprint density at radius 2 is 1.32 bits per heavy atom. The van der Waals surface area contributed by atoms with Gasteiger partial charge in [0.25, 0.3) is 0 Å². The van der Waals surface area contributed by atoms with Crippen LogP contribution in [0, 0.1) is 0 Å². The number of nitrogens with zero attached hydrogens (tertiary/aromatic N) is 1. The van der Waals surface area contributed by atoms with Crippen LogP contribution in [-0.4, -0.2) is 38.3 Å². The van der Waals surface area contributed by atoms with E-state index >= 15 is 0 Å². The Morgan fingerprint density at radius 3 is 1.75 bits per heavy atom. The van der Waals surface area contributed by atoms with E-state index < -0.39 is 5.60 Å². The average molecular weight is 377 g/mol. The molecular weight excluding hydrogens is 350 g/mol. The maximum absolute atomic E-state index is 12.3. The van der Waals surface area contributed by atoms with Crippen molar-refractivity contribution in [3.8, 4) is 11.5 Å². The minimum atomic E-state index is -1.40. The smallest absolute Gasteiger partial charge is 0.167 e. The SMILES string of the molecule is COc1ccc(CN(C)C)c(C(O)(c2ccccc2)c2ccccc2)c1OC. The summed E-state index contributed by atoms with van der Waals surface area (Å²) < 4.78 is 11.3. The number of hydrogen-bond acceptors (Lipinski definition) is 4.